The van der Waals surface area contributed by atoms with Crippen molar-refractivity contribution in [1.82, 2.24) is 4.98 Å². The Morgan fingerprint density at radius 3 is 2.35 bits per heavy atom. The quantitative estimate of drug-likeness (QED) is 0.594. The number of pyridine rings is 1. The average molecular weight is 427 g/mol. The molecule has 0 aliphatic rings. The Kier molecular flexibility index (Phi) is 5.46. The van der Waals surface area contributed by atoms with Crippen LogP contribution < -0.4 is 10.3 Å². The van der Waals surface area contributed by atoms with Gasteiger partial charge in [0.25, 0.3) is 5.56 Å². The fraction of sp³-hybridized carbons (Fsp3) is 0.294. The molecular formula is C17H18INO4. The highest BCUT2D eigenvalue weighted by Crippen LogP contribution is 2.31. The third-order valence-electron chi connectivity index (χ3n) is 3.20. The van der Waals surface area contributed by atoms with Gasteiger partial charge in [-0.05, 0) is 73.5 Å². The highest BCUT2D eigenvalue weighted by Gasteiger charge is 2.23. The zero-order valence-corrected chi connectivity index (χ0v) is 15.6. The van der Waals surface area contributed by atoms with Crippen LogP contribution >= 0.6 is 22.6 Å². The van der Waals surface area contributed by atoms with Gasteiger partial charge < -0.3 is 14.5 Å². The number of carbonyl (C=O) groups excluding carboxylic acids is 1. The summed E-state index contributed by atoms with van der Waals surface area (Å²) in [4.78, 5) is 26.9. The largest absolute Gasteiger partial charge is 0.462 e. The second-order valence-electron chi connectivity index (χ2n) is 5.24. The monoisotopic (exact) mass is 427 g/mol. The molecule has 2 rings (SSSR count). The number of aromatic nitrogens is 1. The van der Waals surface area contributed by atoms with Crippen LogP contribution in [0.2, 0.25) is 0 Å². The van der Waals surface area contributed by atoms with E-state index in [4.69, 9.17) is 9.47 Å². The van der Waals surface area contributed by atoms with E-state index in [0.717, 1.165) is 11.1 Å². The lowest BCUT2D eigenvalue weighted by molar-refractivity contribution is 0.0522. The number of esters is 1. The zero-order valence-electron chi connectivity index (χ0n) is 13.5. The Bertz CT molecular complexity index is 791. The van der Waals surface area contributed by atoms with Crippen molar-refractivity contribution in [2.75, 3.05) is 6.61 Å². The summed E-state index contributed by atoms with van der Waals surface area (Å²) in [6, 6.07) is 5.73. The van der Waals surface area contributed by atoms with Gasteiger partial charge in [-0.3, -0.25) is 4.79 Å². The molecule has 0 fully saturated rings. The summed E-state index contributed by atoms with van der Waals surface area (Å²) >= 11 is 1.88. The van der Waals surface area contributed by atoms with Crippen molar-refractivity contribution >= 4 is 28.6 Å². The van der Waals surface area contributed by atoms with Crippen LogP contribution in [-0.4, -0.2) is 17.6 Å². The van der Waals surface area contributed by atoms with Gasteiger partial charge in [0.15, 0.2) is 5.75 Å². The molecule has 122 valence electrons. The van der Waals surface area contributed by atoms with Crippen molar-refractivity contribution in [2.45, 2.75) is 27.7 Å². The molecule has 0 saturated carbocycles. The maximum atomic E-state index is 12.2. The van der Waals surface area contributed by atoms with Gasteiger partial charge in [-0.2, -0.15) is 0 Å². The molecule has 1 aromatic heterocycles. The number of aromatic amines is 1. The van der Waals surface area contributed by atoms with Crippen molar-refractivity contribution in [3.8, 4) is 11.5 Å². The molecule has 0 aliphatic heterocycles. The summed E-state index contributed by atoms with van der Waals surface area (Å²) < 4.78 is 11.3. The molecule has 0 atom stereocenters. The van der Waals surface area contributed by atoms with E-state index in [-0.39, 0.29) is 23.5 Å². The van der Waals surface area contributed by atoms with Crippen LogP contribution in [0.5, 0.6) is 11.5 Å². The summed E-state index contributed by atoms with van der Waals surface area (Å²) in [5.41, 5.74) is 2.45. The van der Waals surface area contributed by atoms with E-state index in [1.165, 1.54) is 0 Å². The number of hydrogen-bond acceptors (Lipinski definition) is 4. The summed E-state index contributed by atoms with van der Waals surface area (Å²) in [6.45, 7) is 7.55. The molecule has 23 heavy (non-hydrogen) atoms. The van der Waals surface area contributed by atoms with Gasteiger partial charge in [0.05, 0.1) is 6.61 Å². The Hall–Kier alpha value is -1.83. The maximum absolute atomic E-state index is 12.2. The van der Waals surface area contributed by atoms with Crippen molar-refractivity contribution in [3.63, 3.8) is 0 Å². The van der Waals surface area contributed by atoms with Crippen LogP contribution in [0.25, 0.3) is 0 Å². The van der Waals surface area contributed by atoms with Crippen LogP contribution in [0, 0.1) is 24.3 Å². The summed E-state index contributed by atoms with van der Waals surface area (Å²) in [5.74, 6) is 0.296. The average Bonchev–Trinajstić information content (AvgIpc) is 2.43. The van der Waals surface area contributed by atoms with Crippen LogP contribution in [0.15, 0.2) is 23.0 Å². The Labute approximate surface area is 148 Å². The smallest absolute Gasteiger partial charge is 0.343 e. The number of H-pyrrole nitrogens is 1. The molecule has 0 bridgehead atoms. The number of benzene rings is 1. The molecule has 6 heteroatoms. The molecule has 1 N–H and O–H groups in total. The molecule has 0 aliphatic carbocycles. The normalized spacial score (nSPS) is 10.5. The minimum atomic E-state index is -0.515. The van der Waals surface area contributed by atoms with Crippen LogP contribution in [0.4, 0.5) is 0 Å². The Morgan fingerprint density at radius 1 is 1.17 bits per heavy atom. The van der Waals surface area contributed by atoms with Gasteiger partial charge in [0.1, 0.15) is 14.9 Å². The fourth-order valence-corrected chi connectivity index (χ4v) is 2.84. The lowest BCUT2D eigenvalue weighted by atomic mass is 10.1. The minimum Gasteiger partial charge on any atom is -0.462 e. The highest BCUT2D eigenvalue weighted by molar-refractivity contribution is 14.1. The van der Waals surface area contributed by atoms with Gasteiger partial charge in [-0.25, -0.2) is 4.79 Å². The van der Waals surface area contributed by atoms with Crippen molar-refractivity contribution in [2.24, 2.45) is 0 Å². The summed E-state index contributed by atoms with van der Waals surface area (Å²) in [7, 11) is 0. The van der Waals surface area contributed by atoms with Gasteiger partial charge in [0.2, 0.25) is 0 Å². The second kappa shape index (κ2) is 7.16. The molecule has 1 heterocycles. The molecule has 1 aromatic carbocycles. The lowest BCUT2D eigenvalue weighted by Gasteiger charge is -2.15. The second-order valence-corrected chi connectivity index (χ2v) is 6.32. The topological polar surface area (TPSA) is 68.4 Å². The SMILES string of the molecule is CCOC(=O)c1c(C)[nH]c(=O)c(I)c1Oc1cc(C)cc(C)c1. The molecule has 2 aromatic rings. The van der Waals surface area contributed by atoms with Gasteiger partial charge in [-0.1, -0.05) is 6.07 Å². The standard InChI is InChI=1S/C17H18INO4/c1-5-22-17(21)13-11(4)19-16(20)14(18)15(13)23-12-7-9(2)6-10(3)8-12/h6-8H,5H2,1-4H3,(H,19,20). The first-order chi connectivity index (χ1) is 10.8. The van der Waals surface area contributed by atoms with E-state index in [0.29, 0.717) is 15.0 Å². The van der Waals surface area contributed by atoms with E-state index >= 15 is 0 Å². The van der Waals surface area contributed by atoms with Gasteiger partial charge in [0, 0.05) is 5.69 Å². The predicted molar refractivity (Wildman–Crippen MR) is 96.5 cm³/mol. The third kappa shape index (κ3) is 3.93. The predicted octanol–water partition coefficient (Wildman–Crippen LogP) is 3.87. The van der Waals surface area contributed by atoms with Crippen molar-refractivity contribution in [1.29, 1.82) is 0 Å². The summed E-state index contributed by atoms with van der Waals surface area (Å²) in [6.07, 6.45) is 0. The number of carbonyl (C=O) groups is 1. The van der Waals surface area contributed by atoms with Crippen LogP contribution in [0.3, 0.4) is 0 Å². The van der Waals surface area contributed by atoms with Crippen LogP contribution in [0.1, 0.15) is 34.1 Å². The fourth-order valence-electron chi connectivity index (χ4n) is 2.33. The summed E-state index contributed by atoms with van der Waals surface area (Å²) in [5, 5.41) is 0. The number of rotatable bonds is 4. The minimum absolute atomic E-state index is 0.232. The molecule has 0 amide bonds. The van der Waals surface area contributed by atoms with E-state index in [2.05, 4.69) is 4.98 Å². The highest BCUT2D eigenvalue weighted by atomic mass is 127. The molecular weight excluding hydrogens is 409 g/mol. The van der Waals surface area contributed by atoms with Crippen molar-refractivity contribution < 1.29 is 14.3 Å². The van der Waals surface area contributed by atoms with Gasteiger partial charge in [-0.15, -0.1) is 0 Å². The van der Waals surface area contributed by atoms with Gasteiger partial charge >= 0.3 is 5.97 Å². The number of ether oxygens (including phenoxy) is 2. The number of aryl methyl sites for hydroxylation is 3. The molecule has 0 saturated heterocycles. The first-order valence-corrected chi connectivity index (χ1v) is 8.27. The zero-order chi connectivity index (χ0) is 17.1. The van der Waals surface area contributed by atoms with E-state index in [1.807, 2.05) is 54.6 Å². The number of hydrogen-bond donors (Lipinski definition) is 1. The van der Waals surface area contributed by atoms with Crippen LogP contribution in [-0.2, 0) is 4.74 Å². The van der Waals surface area contributed by atoms with E-state index in [9.17, 15) is 9.59 Å². The van der Waals surface area contributed by atoms with E-state index < -0.39 is 5.97 Å². The third-order valence-corrected chi connectivity index (χ3v) is 4.18. The Morgan fingerprint density at radius 2 is 1.78 bits per heavy atom. The molecule has 0 radical (unpaired) electrons. The lowest BCUT2D eigenvalue weighted by Crippen LogP contribution is -2.19. The van der Waals surface area contributed by atoms with Crippen molar-refractivity contribution in [3.05, 3.63) is 54.5 Å². The molecule has 0 unspecified atom stereocenters. The first-order valence-electron chi connectivity index (χ1n) is 7.19. The number of halogens is 1. The Balaban J connectivity index is 2.59. The molecule has 0 spiro atoms. The maximum Gasteiger partial charge on any atom is 0.343 e. The first kappa shape index (κ1) is 17.5. The molecule has 5 nitrogen and oxygen atoms in total. The van der Waals surface area contributed by atoms with E-state index in [1.54, 1.807) is 13.8 Å². The number of nitrogens with one attached hydrogen (secondary N) is 1.